The number of carbonyl (C=O) groups is 2. The monoisotopic (exact) mass is 338 g/mol. The lowest BCUT2D eigenvalue weighted by molar-refractivity contribution is -0.123. The van der Waals surface area contributed by atoms with Crippen LogP contribution < -0.4 is 5.32 Å². The third-order valence-corrected chi connectivity index (χ3v) is 4.12. The van der Waals surface area contributed by atoms with Gasteiger partial charge in [0.05, 0.1) is 10.7 Å². The van der Waals surface area contributed by atoms with E-state index in [9.17, 15) is 9.59 Å². The first-order valence-corrected chi connectivity index (χ1v) is 7.77. The minimum absolute atomic E-state index is 0.417. The Morgan fingerprint density at radius 3 is 2.68 bits per heavy atom. The zero-order valence-electron chi connectivity index (χ0n) is 12.3. The maximum absolute atomic E-state index is 12.0. The molecular formula is C15H15ClN2O3S. The number of aromatic nitrogens is 1. The Kier molecular flexibility index (Phi) is 5.15. The maximum Gasteiger partial charge on any atom is 0.351 e. The fourth-order valence-corrected chi connectivity index (χ4v) is 2.79. The zero-order chi connectivity index (χ0) is 16.3. The average molecular weight is 339 g/mol. The van der Waals surface area contributed by atoms with Crippen molar-refractivity contribution in [2.45, 2.75) is 26.9 Å². The lowest BCUT2D eigenvalue weighted by Gasteiger charge is -2.13. The minimum atomic E-state index is -0.923. The highest BCUT2D eigenvalue weighted by Gasteiger charge is 2.22. The van der Waals surface area contributed by atoms with Gasteiger partial charge in [0.2, 0.25) is 0 Å². The van der Waals surface area contributed by atoms with E-state index in [0.717, 1.165) is 5.01 Å². The van der Waals surface area contributed by atoms with Crippen LogP contribution in [-0.4, -0.2) is 23.0 Å². The van der Waals surface area contributed by atoms with E-state index in [0.29, 0.717) is 21.3 Å². The van der Waals surface area contributed by atoms with Gasteiger partial charge >= 0.3 is 5.97 Å². The van der Waals surface area contributed by atoms with Gasteiger partial charge < -0.3 is 10.1 Å². The second kappa shape index (κ2) is 6.89. The number of anilines is 1. The number of benzene rings is 1. The Balaban J connectivity index is 1.99. The first-order valence-electron chi connectivity index (χ1n) is 6.58. The predicted octanol–water partition coefficient (Wildman–Crippen LogP) is 3.60. The largest absolute Gasteiger partial charge is 0.448 e. The number of ether oxygens (including phenoxy) is 1. The molecule has 1 atom stereocenters. The first-order chi connectivity index (χ1) is 10.4. The summed E-state index contributed by atoms with van der Waals surface area (Å²) in [6, 6.07) is 6.74. The maximum atomic E-state index is 12.0. The molecule has 7 heteroatoms. The molecule has 0 bridgehead atoms. The SMILES string of the molecule is Cc1nc(C)c(C(=O)O[C@@H](C)C(=O)Nc2cccc(Cl)c2)s1. The van der Waals surface area contributed by atoms with E-state index in [4.69, 9.17) is 16.3 Å². The standard InChI is InChI=1S/C15H15ClN2O3S/c1-8-13(22-10(3)17-8)15(20)21-9(2)14(19)18-12-6-4-5-11(16)7-12/h4-7,9H,1-3H3,(H,18,19)/t9-/m0/s1. The van der Waals surface area contributed by atoms with Gasteiger partial charge in [-0.05, 0) is 39.0 Å². The van der Waals surface area contributed by atoms with Crippen molar-refractivity contribution in [3.8, 4) is 0 Å². The van der Waals surface area contributed by atoms with Crippen LogP contribution in [0.3, 0.4) is 0 Å². The lowest BCUT2D eigenvalue weighted by Crippen LogP contribution is -2.29. The van der Waals surface area contributed by atoms with Gasteiger partial charge in [-0.2, -0.15) is 0 Å². The second-order valence-electron chi connectivity index (χ2n) is 4.69. The smallest absolute Gasteiger partial charge is 0.351 e. The summed E-state index contributed by atoms with van der Waals surface area (Å²) in [4.78, 5) is 28.7. The topological polar surface area (TPSA) is 68.3 Å². The Bertz CT molecular complexity index is 715. The number of carbonyl (C=O) groups excluding carboxylic acids is 2. The molecule has 22 heavy (non-hydrogen) atoms. The number of aryl methyl sites for hydroxylation is 2. The zero-order valence-corrected chi connectivity index (χ0v) is 13.9. The van der Waals surface area contributed by atoms with Crippen LogP contribution in [0.5, 0.6) is 0 Å². The van der Waals surface area contributed by atoms with Crippen LogP contribution in [0.4, 0.5) is 5.69 Å². The molecule has 0 radical (unpaired) electrons. The van der Waals surface area contributed by atoms with E-state index in [-0.39, 0.29) is 0 Å². The summed E-state index contributed by atoms with van der Waals surface area (Å²) in [6.07, 6.45) is -0.923. The van der Waals surface area contributed by atoms with Crippen LogP contribution in [-0.2, 0) is 9.53 Å². The van der Waals surface area contributed by atoms with Gasteiger partial charge in [0.15, 0.2) is 6.10 Å². The van der Waals surface area contributed by atoms with Crippen molar-refractivity contribution >= 4 is 40.5 Å². The fraction of sp³-hybridized carbons (Fsp3) is 0.267. The van der Waals surface area contributed by atoms with E-state index >= 15 is 0 Å². The highest BCUT2D eigenvalue weighted by molar-refractivity contribution is 7.13. The summed E-state index contributed by atoms with van der Waals surface area (Å²) in [7, 11) is 0. The van der Waals surface area contributed by atoms with Crippen molar-refractivity contribution in [1.82, 2.24) is 4.98 Å². The third-order valence-electron chi connectivity index (χ3n) is 2.83. The lowest BCUT2D eigenvalue weighted by atomic mass is 10.3. The Morgan fingerprint density at radius 1 is 1.36 bits per heavy atom. The van der Waals surface area contributed by atoms with Gasteiger partial charge in [0, 0.05) is 10.7 Å². The van der Waals surface area contributed by atoms with Gasteiger partial charge in [-0.15, -0.1) is 11.3 Å². The highest BCUT2D eigenvalue weighted by Crippen LogP contribution is 2.19. The highest BCUT2D eigenvalue weighted by atomic mass is 35.5. The van der Waals surface area contributed by atoms with E-state index in [2.05, 4.69) is 10.3 Å². The van der Waals surface area contributed by atoms with Gasteiger partial charge in [0.25, 0.3) is 5.91 Å². The van der Waals surface area contributed by atoms with Crippen molar-refractivity contribution in [1.29, 1.82) is 0 Å². The molecule has 1 amide bonds. The van der Waals surface area contributed by atoms with E-state index in [1.807, 2.05) is 6.92 Å². The molecule has 1 heterocycles. The number of hydrogen-bond donors (Lipinski definition) is 1. The van der Waals surface area contributed by atoms with Crippen molar-refractivity contribution in [3.05, 3.63) is 44.9 Å². The summed E-state index contributed by atoms with van der Waals surface area (Å²) >= 11 is 7.10. The van der Waals surface area contributed by atoms with Crippen LogP contribution in [0.1, 0.15) is 27.3 Å². The molecule has 0 unspecified atom stereocenters. The third kappa shape index (κ3) is 4.05. The molecule has 1 N–H and O–H groups in total. The fourth-order valence-electron chi connectivity index (χ4n) is 1.80. The average Bonchev–Trinajstić information content (AvgIpc) is 2.77. The van der Waals surface area contributed by atoms with Gasteiger partial charge in [-0.25, -0.2) is 9.78 Å². The van der Waals surface area contributed by atoms with Crippen LogP contribution >= 0.6 is 22.9 Å². The molecule has 1 aromatic carbocycles. The Labute approximate surface area is 137 Å². The number of halogens is 1. The van der Waals surface area contributed by atoms with Crippen LogP contribution in [0.15, 0.2) is 24.3 Å². The van der Waals surface area contributed by atoms with Crippen LogP contribution in [0.25, 0.3) is 0 Å². The Hall–Kier alpha value is -1.92. The molecule has 0 saturated carbocycles. The number of amides is 1. The molecule has 0 fully saturated rings. The molecule has 0 aliphatic rings. The number of thiazole rings is 1. The molecule has 0 saturated heterocycles. The minimum Gasteiger partial charge on any atom is -0.448 e. The molecule has 0 aliphatic heterocycles. The molecule has 2 aromatic rings. The summed E-state index contributed by atoms with van der Waals surface area (Å²) in [5, 5.41) is 3.94. The van der Waals surface area contributed by atoms with Gasteiger partial charge in [-0.3, -0.25) is 4.79 Å². The number of hydrogen-bond acceptors (Lipinski definition) is 5. The molecule has 116 valence electrons. The molecule has 1 aromatic heterocycles. The summed E-state index contributed by atoms with van der Waals surface area (Å²) in [6.45, 7) is 5.06. The number of rotatable bonds is 4. The molecular weight excluding hydrogens is 324 g/mol. The van der Waals surface area contributed by atoms with Crippen molar-refractivity contribution in [2.75, 3.05) is 5.32 Å². The van der Waals surface area contributed by atoms with E-state index in [1.165, 1.54) is 18.3 Å². The molecule has 2 rings (SSSR count). The summed E-state index contributed by atoms with van der Waals surface area (Å²) < 4.78 is 5.18. The van der Waals surface area contributed by atoms with Crippen LogP contribution in [0.2, 0.25) is 5.02 Å². The van der Waals surface area contributed by atoms with Gasteiger partial charge in [0.1, 0.15) is 4.88 Å². The quantitative estimate of drug-likeness (QED) is 0.865. The van der Waals surface area contributed by atoms with E-state index < -0.39 is 18.0 Å². The first kappa shape index (κ1) is 16.5. The normalized spacial score (nSPS) is 11.8. The number of nitrogens with zero attached hydrogens (tertiary/aromatic N) is 1. The number of esters is 1. The van der Waals surface area contributed by atoms with Gasteiger partial charge in [-0.1, -0.05) is 17.7 Å². The molecule has 0 spiro atoms. The van der Waals surface area contributed by atoms with Crippen molar-refractivity contribution < 1.29 is 14.3 Å². The van der Waals surface area contributed by atoms with Crippen molar-refractivity contribution in [2.24, 2.45) is 0 Å². The van der Waals surface area contributed by atoms with Crippen molar-refractivity contribution in [3.63, 3.8) is 0 Å². The Morgan fingerprint density at radius 2 is 2.09 bits per heavy atom. The van der Waals surface area contributed by atoms with E-state index in [1.54, 1.807) is 31.2 Å². The summed E-state index contributed by atoms with van der Waals surface area (Å²) in [5.74, 6) is -0.966. The predicted molar refractivity (Wildman–Crippen MR) is 86.5 cm³/mol. The number of nitrogens with one attached hydrogen (secondary N) is 1. The van der Waals surface area contributed by atoms with Crippen LogP contribution in [0, 0.1) is 13.8 Å². The summed E-state index contributed by atoms with van der Waals surface area (Å²) in [5.41, 5.74) is 1.15. The second-order valence-corrected chi connectivity index (χ2v) is 6.33. The molecule has 0 aliphatic carbocycles. The molecule has 5 nitrogen and oxygen atoms in total.